The van der Waals surface area contributed by atoms with Crippen molar-refractivity contribution in [2.45, 2.75) is 41.5 Å². The van der Waals surface area contributed by atoms with Gasteiger partial charge in [-0.05, 0) is 175 Å². The quantitative estimate of drug-likeness (QED) is 0.0958. The first-order chi connectivity index (χ1) is 39.4. The van der Waals surface area contributed by atoms with Gasteiger partial charge in [0.05, 0.1) is 16.0 Å². The van der Waals surface area contributed by atoms with Crippen LogP contribution in [0.15, 0.2) is 173 Å². The van der Waals surface area contributed by atoms with Gasteiger partial charge in [-0.25, -0.2) is 0 Å². The van der Waals surface area contributed by atoms with Gasteiger partial charge in [-0.2, -0.15) is 0 Å². The van der Waals surface area contributed by atoms with E-state index in [1.54, 1.807) is 56.7 Å². The number of carbonyl (C=O) groups excluding carboxylic acids is 2. The van der Waals surface area contributed by atoms with E-state index in [9.17, 15) is 9.59 Å². The Morgan fingerprint density at radius 3 is 1.40 bits per heavy atom. The molecule has 0 saturated heterocycles. The maximum atomic E-state index is 14.1. The summed E-state index contributed by atoms with van der Waals surface area (Å²) in [5.41, 5.74) is 29.9. The van der Waals surface area contributed by atoms with Gasteiger partial charge >= 0.3 is 0 Å². The Bertz CT molecular complexity index is 4930. The van der Waals surface area contributed by atoms with E-state index in [1.807, 2.05) is 92.1 Å². The van der Waals surface area contributed by atoms with E-state index < -0.39 is 0 Å². The van der Waals surface area contributed by atoms with Crippen molar-refractivity contribution in [3.63, 3.8) is 0 Å². The number of hydrogen-bond donors (Lipinski definition) is 0. The first-order valence-electron chi connectivity index (χ1n) is 25.4. The third-order valence-corrected chi connectivity index (χ3v) is 25.6. The zero-order valence-corrected chi connectivity index (χ0v) is 52.3. The van der Waals surface area contributed by atoms with E-state index in [4.69, 9.17) is 4.42 Å². The molecule has 11 aromatic heterocycles. The van der Waals surface area contributed by atoms with Crippen LogP contribution >= 0.6 is 113 Å². The summed E-state index contributed by atoms with van der Waals surface area (Å²) in [5.74, 6) is -0.163. The zero-order valence-electron chi connectivity index (χ0n) is 44.1. The van der Waals surface area contributed by atoms with E-state index in [0.29, 0.717) is 22.3 Å². The highest BCUT2D eigenvalue weighted by atomic mass is 32.1. The molecular weight excluding hydrogens is 1190 g/mol. The molecule has 1 aromatic carbocycles. The smallest absolute Gasteiger partial charge is 0.230 e. The van der Waals surface area contributed by atoms with Gasteiger partial charge in [0.1, 0.15) is 0 Å². The standard InChI is InChI=1S/C68H40O3S10/c1-9-13-15-19-39(17-11-3)43-23-30-51(75-43)59-41-33-54(49-27-25-46(77-49)45-22-21-35(5)72-45)80-66(41)60(52-31-24-44(76-52)40(18-12-4)20-16-14-10-2)42-34-55(81-67(42)59)50-28-26-47(78-50)48-29-32-53(79-48)68-65-58(38(8)74-68)61-62(69)56-36(6)73-37(7)57(56)63(70)64(61)71-65/h11-12,17-18,21-34H,1-2H2,3-8H3. The number of hydrogen-bond acceptors (Lipinski definition) is 13. The maximum absolute atomic E-state index is 14.1. The van der Waals surface area contributed by atoms with Crippen molar-refractivity contribution in [3.05, 3.63) is 220 Å². The second-order valence-corrected chi connectivity index (χ2v) is 30.2. The summed E-state index contributed by atoms with van der Waals surface area (Å²) in [6.45, 7) is 19.4. The number of aryl methyl sites for hydroxylation is 4. The molecule has 3 nitrogen and oxygen atoms in total. The summed E-state index contributed by atoms with van der Waals surface area (Å²) in [6, 6.07) is 31.5. The van der Waals surface area contributed by atoms with Crippen LogP contribution in [0.1, 0.15) is 75.2 Å². The molecule has 12 aromatic rings. The number of ketones is 2. The van der Waals surface area contributed by atoms with Gasteiger partial charge in [0.15, 0.2) is 17.1 Å². The number of fused-ring (bicyclic) bond motifs is 6. The average molecular weight is 1230 g/mol. The van der Waals surface area contributed by atoms with E-state index in [2.05, 4.69) is 163 Å². The van der Waals surface area contributed by atoms with Crippen LogP contribution in [0.5, 0.6) is 0 Å². The molecule has 390 valence electrons. The molecule has 1 aliphatic rings. The molecule has 0 atom stereocenters. The molecular formula is C68H40O3S10. The van der Waals surface area contributed by atoms with Crippen LogP contribution in [-0.4, -0.2) is 11.6 Å². The van der Waals surface area contributed by atoms with Crippen molar-refractivity contribution in [2.75, 3.05) is 0 Å². The van der Waals surface area contributed by atoms with Crippen molar-refractivity contribution in [3.8, 4) is 69.7 Å². The topological polar surface area (TPSA) is 47.3 Å². The lowest BCUT2D eigenvalue weighted by molar-refractivity contribution is 0.0962. The van der Waals surface area contributed by atoms with Crippen LogP contribution in [0, 0.1) is 27.7 Å². The lowest BCUT2D eigenvalue weighted by Crippen LogP contribution is -2.19. The Hall–Kier alpha value is -7.18. The molecule has 0 amide bonds. The molecule has 13 heteroatoms. The molecule has 0 radical (unpaired) electrons. The van der Waals surface area contributed by atoms with Crippen molar-refractivity contribution >= 4 is 167 Å². The highest BCUT2D eigenvalue weighted by molar-refractivity contribution is 7.32. The molecule has 1 aliphatic carbocycles. The van der Waals surface area contributed by atoms with Gasteiger partial charge in [0.2, 0.25) is 5.78 Å². The second-order valence-electron chi connectivity index (χ2n) is 18.7. The molecule has 0 saturated carbocycles. The normalized spacial score (nSPS) is 12.0. The summed E-state index contributed by atoms with van der Waals surface area (Å²) < 4.78 is 8.92. The minimum Gasteiger partial charge on any atom is -0.450 e. The minimum atomic E-state index is -0.203. The number of thiophene rings is 10. The molecule has 0 N–H and O–H groups in total. The van der Waals surface area contributed by atoms with E-state index in [1.165, 1.54) is 76.8 Å². The van der Waals surface area contributed by atoms with E-state index >= 15 is 0 Å². The lowest BCUT2D eigenvalue weighted by atomic mass is 9.87. The summed E-state index contributed by atoms with van der Waals surface area (Å²) >= 11 is 17.5. The number of benzene rings is 1. The van der Waals surface area contributed by atoms with E-state index in [0.717, 1.165) is 70.2 Å². The lowest BCUT2D eigenvalue weighted by Gasteiger charge is -2.11. The van der Waals surface area contributed by atoms with Crippen LogP contribution in [0.3, 0.4) is 0 Å². The maximum Gasteiger partial charge on any atom is 0.230 e. The van der Waals surface area contributed by atoms with Crippen molar-refractivity contribution < 1.29 is 14.0 Å². The van der Waals surface area contributed by atoms with Gasteiger partial charge in [-0.15, -0.1) is 113 Å². The molecule has 0 spiro atoms. The Kier molecular flexibility index (Phi) is 14.2. The van der Waals surface area contributed by atoms with Crippen LogP contribution < -0.4 is 0 Å². The van der Waals surface area contributed by atoms with Gasteiger partial charge in [0, 0.05) is 136 Å². The van der Waals surface area contributed by atoms with Crippen LogP contribution in [0.25, 0.3) is 112 Å². The predicted molar refractivity (Wildman–Crippen MR) is 356 cm³/mol. The highest BCUT2D eigenvalue weighted by Crippen LogP contribution is 2.57. The Labute approximate surface area is 507 Å². The molecule has 81 heavy (non-hydrogen) atoms. The fourth-order valence-corrected chi connectivity index (χ4v) is 21.5. The summed E-state index contributed by atoms with van der Waals surface area (Å²) in [6.07, 6.45) is 8.16. The summed E-state index contributed by atoms with van der Waals surface area (Å²) in [7, 11) is 0. The fourth-order valence-electron chi connectivity index (χ4n) is 10.3. The monoisotopic (exact) mass is 1220 g/mol. The third kappa shape index (κ3) is 9.24. The SMILES string of the molecule is C=C=C=C=C=C(C=CC)c1ccc(-c2c3cc(-c4ccc(-c5ccc(-c6sc(C)c7c8c(oc67)C(=O)c6c(C)sc(C)c6C8=O)s5)s4)sc3c(-c3ccc(C(=C=C=C=C=C)C=CC)s3)c3cc(-c4ccc(-c5ccc(C)s5)s4)sc23)s1. The van der Waals surface area contributed by atoms with Crippen LogP contribution in [-0.2, 0) is 0 Å². The van der Waals surface area contributed by atoms with Crippen LogP contribution in [0.2, 0.25) is 0 Å². The summed E-state index contributed by atoms with van der Waals surface area (Å²) in [5, 5.41) is 3.16. The Morgan fingerprint density at radius 2 is 0.901 bits per heavy atom. The molecule has 0 aliphatic heterocycles. The van der Waals surface area contributed by atoms with Crippen molar-refractivity contribution in [1.82, 2.24) is 0 Å². The molecule has 0 unspecified atom stereocenters. The van der Waals surface area contributed by atoms with Gasteiger partial charge < -0.3 is 4.42 Å². The molecule has 0 fully saturated rings. The number of furan rings is 1. The zero-order chi connectivity index (χ0) is 55.8. The molecule has 13 rings (SSSR count). The van der Waals surface area contributed by atoms with Crippen molar-refractivity contribution in [2.24, 2.45) is 0 Å². The second kappa shape index (κ2) is 21.6. The fraction of sp³-hybridized carbons (Fsp3) is 0.0882. The van der Waals surface area contributed by atoms with E-state index in [-0.39, 0.29) is 17.3 Å². The van der Waals surface area contributed by atoms with Gasteiger partial charge in [0.25, 0.3) is 0 Å². The Morgan fingerprint density at radius 1 is 0.444 bits per heavy atom. The summed E-state index contributed by atoms with van der Waals surface area (Å²) in [4.78, 5) is 48.1. The predicted octanol–water partition coefficient (Wildman–Crippen LogP) is 23.5. The number of allylic oxidation sites excluding steroid dienone is 6. The molecule has 0 bridgehead atoms. The average Bonchev–Trinajstić information content (AvgIpc) is 2.88. The minimum absolute atomic E-state index is 0.120. The van der Waals surface area contributed by atoms with Gasteiger partial charge in [-0.1, -0.05) is 35.1 Å². The van der Waals surface area contributed by atoms with Crippen molar-refractivity contribution in [1.29, 1.82) is 0 Å². The first kappa shape index (κ1) is 53.1. The van der Waals surface area contributed by atoms with Gasteiger partial charge in [-0.3, -0.25) is 9.59 Å². The molecule has 11 heterocycles. The third-order valence-electron chi connectivity index (χ3n) is 13.7. The number of carbonyl (C=O) groups is 2. The first-order valence-corrected chi connectivity index (χ1v) is 33.5. The largest absolute Gasteiger partial charge is 0.450 e. The number of rotatable bonds is 11. The van der Waals surface area contributed by atoms with Crippen LogP contribution in [0.4, 0.5) is 0 Å². The Balaban J connectivity index is 0.975. The highest BCUT2D eigenvalue weighted by Gasteiger charge is 2.40.